The Balaban J connectivity index is 1.31. The van der Waals surface area contributed by atoms with Gasteiger partial charge in [-0.15, -0.1) is 0 Å². The summed E-state index contributed by atoms with van der Waals surface area (Å²) in [6, 6.07) is 4.50. The molecule has 4 heterocycles. The third-order valence-electron chi connectivity index (χ3n) is 6.66. The molecule has 0 bridgehead atoms. The smallest absolute Gasteiger partial charge is 0.230 e. The summed E-state index contributed by atoms with van der Waals surface area (Å²) in [5.74, 6) is 2.21. The van der Waals surface area contributed by atoms with E-state index in [9.17, 15) is 4.79 Å². The van der Waals surface area contributed by atoms with Gasteiger partial charge in [0.05, 0.1) is 11.9 Å². The van der Waals surface area contributed by atoms with Gasteiger partial charge < -0.3 is 26.2 Å². The molecule has 3 aliphatic rings. The number of hydrogen-bond donors (Lipinski definition) is 4. The molecule has 2 aromatic heterocycles. The molecule has 5 rings (SSSR count). The Kier molecular flexibility index (Phi) is 6.34. The molecular formula is C23H32N8O. The number of hydrogen-bond acceptors (Lipinski definition) is 8. The van der Waals surface area contributed by atoms with Gasteiger partial charge in [0, 0.05) is 56.4 Å². The summed E-state index contributed by atoms with van der Waals surface area (Å²) in [7, 11) is 0. The second kappa shape index (κ2) is 9.68. The summed E-state index contributed by atoms with van der Waals surface area (Å²) in [5, 5.41) is 13.2. The topological polar surface area (TPSA) is 107 Å². The van der Waals surface area contributed by atoms with E-state index in [1.807, 2.05) is 18.5 Å². The maximum Gasteiger partial charge on any atom is 0.230 e. The van der Waals surface area contributed by atoms with Gasteiger partial charge in [0.1, 0.15) is 11.6 Å². The molecule has 2 aromatic rings. The Morgan fingerprint density at radius 3 is 2.59 bits per heavy atom. The fourth-order valence-corrected chi connectivity index (χ4v) is 4.79. The molecule has 9 nitrogen and oxygen atoms in total. The predicted molar refractivity (Wildman–Crippen MR) is 125 cm³/mol. The summed E-state index contributed by atoms with van der Waals surface area (Å²) in [6.07, 6.45) is 10.1. The zero-order chi connectivity index (χ0) is 21.8. The predicted octanol–water partition coefficient (Wildman–Crippen LogP) is 2.06. The van der Waals surface area contributed by atoms with Crippen LogP contribution in [0.5, 0.6) is 0 Å². The third kappa shape index (κ3) is 4.93. The van der Waals surface area contributed by atoms with Gasteiger partial charge in [0.15, 0.2) is 0 Å². The van der Waals surface area contributed by atoms with Gasteiger partial charge in [-0.05, 0) is 37.8 Å². The number of nitrogens with zero attached hydrogens (tertiary/aromatic N) is 4. The molecule has 9 heteroatoms. The Morgan fingerprint density at radius 2 is 1.88 bits per heavy atom. The summed E-state index contributed by atoms with van der Waals surface area (Å²) in [4.78, 5) is 28.3. The molecule has 1 atom stereocenters. The summed E-state index contributed by atoms with van der Waals surface area (Å²) in [6.45, 7) is 4.74. The average Bonchev–Trinajstić information content (AvgIpc) is 3.48. The van der Waals surface area contributed by atoms with Crippen molar-refractivity contribution in [2.24, 2.45) is 5.92 Å². The number of carbonyl (C=O) groups is 1. The van der Waals surface area contributed by atoms with Crippen LogP contribution >= 0.6 is 0 Å². The lowest BCUT2D eigenvalue weighted by Crippen LogP contribution is -2.43. The van der Waals surface area contributed by atoms with Crippen LogP contribution in [0, 0.1) is 5.92 Å². The van der Waals surface area contributed by atoms with Gasteiger partial charge in [0.2, 0.25) is 11.9 Å². The molecule has 170 valence electrons. The van der Waals surface area contributed by atoms with Gasteiger partial charge >= 0.3 is 0 Å². The zero-order valence-electron chi connectivity index (χ0n) is 18.4. The van der Waals surface area contributed by atoms with E-state index in [4.69, 9.17) is 4.98 Å². The van der Waals surface area contributed by atoms with E-state index in [1.54, 1.807) is 0 Å². The number of pyridine rings is 1. The highest BCUT2D eigenvalue weighted by Crippen LogP contribution is 2.27. The van der Waals surface area contributed by atoms with Crippen molar-refractivity contribution in [1.82, 2.24) is 25.6 Å². The normalized spacial score (nSPS) is 21.6. The Labute approximate surface area is 188 Å². The van der Waals surface area contributed by atoms with Crippen LogP contribution in [0.25, 0.3) is 0 Å². The maximum absolute atomic E-state index is 12.1. The van der Waals surface area contributed by atoms with Crippen LogP contribution in [0.3, 0.4) is 0 Å². The van der Waals surface area contributed by atoms with E-state index in [2.05, 4.69) is 42.2 Å². The molecular weight excluding hydrogens is 404 g/mol. The van der Waals surface area contributed by atoms with Crippen molar-refractivity contribution in [2.75, 3.05) is 48.3 Å². The molecule has 32 heavy (non-hydrogen) atoms. The van der Waals surface area contributed by atoms with E-state index in [0.717, 1.165) is 74.9 Å². The van der Waals surface area contributed by atoms with Gasteiger partial charge in [-0.2, -0.15) is 4.98 Å². The van der Waals surface area contributed by atoms with Crippen molar-refractivity contribution in [3.05, 3.63) is 30.1 Å². The lowest BCUT2D eigenvalue weighted by Gasteiger charge is -2.29. The average molecular weight is 437 g/mol. The second-order valence-corrected chi connectivity index (χ2v) is 8.94. The molecule has 0 aromatic carbocycles. The number of amides is 1. The van der Waals surface area contributed by atoms with Crippen LogP contribution in [-0.4, -0.2) is 59.6 Å². The number of anilines is 4. The van der Waals surface area contributed by atoms with E-state index < -0.39 is 0 Å². The van der Waals surface area contributed by atoms with Crippen molar-refractivity contribution in [2.45, 2.75) is 44.6 Å². The van der Waals surface area contributed by atoms with Crippen molar-refractivity contribution in [3.63, 3.8) is 0 Å². The Morgan fingerprint density at radius 1 is 1.03 bits per heavy atom. The third-order valence-corrected chi connectivity index (χ3v) is 6.66. The fraction of sp³-hybridized carbons (Fsp3) is 0.565. The zero-order valence-corrected chi connectivity index (χ0v) is 18.4. The lowest BCUT2D eigenvalue weighted by molar-refractivity contribution is -0.122. The van der Waals surface area contributed by atoms with Crippen molar-refractivity contribution in [3.8, 4) is 0 Å². The number of nitrogens with one attached hydrogen (secondary N) is 4. The number of rotatable bonds is 7. The lowest BCUT2D eigenvalue weighted by atomic mass is 9.99. The van der Waals surface area contributed by atoms with Crippen molar-refractivity contribution in [1.29, 1.82) is 0 Å². The van der Waals surface area contributed by atoms with E-state index >= 15 is 0 Å². The van der Waals surface area contributed by atoms with Crippen LogP contribution in [0.1, 0.15) is 37.7 Å². The molecule has 0 radical (unpaired) electrons. The number of piperazine rings is 1. The first-order chi connectivity index (χ1) is 15.7. The molecule has 0 spiro atoms. The molecule has 4 N–H and O–H groups in total. The van der Waals surface area contributed by atoms with E-state index in [1.165, 1.54) is 12.8 Å². The molecule has 2 aliphatic heterocycles. The first kappa shape index (κ1) is 20.9. The van der Waals surface area contributed by atoms with Crippen LogP contribution in [-0.2, 0) is 11.2 Å². The number of aromatic nitrogens is 3. The van der Waals surface area contributed by atoms with Gasteiger partial charge in [-0.25, -0.2) is 9.97 Å². The van der Waals surface area contributed by atoms with Crippen LogP contribution < -0.4 is 26.2 Å². The second-order valence-electron chi connectivity index (χ2n) is 8.94. The highest BCUT2D eigenvalue weighted by atomic mass is 16.2. The minimum absolute atomic E-state index is 0.000681. The van der Waals surface area contributed by atoms with Crippen LogP contribution in [0.2, 0.25) is 0 Å². The summed E-state index contributed by atoms with van der Waals surface area (Å²) in [5.41, 5.74) is 2.14. The Bertz CT molecular complexity index is 922. The molecule has 3 fully saturated rings. The van der Waals surface area contributed by atoms with Gasteiger partial charge in [-0.1, -0.05) is 12.8 Å². The number of carbonyl (C=O) groups excluding carboxylic acids is 1. The largest absolute Gasteiger partial charge is 0.368 e. The molecule has 1 saturated carbocycles. The highest BCUT2D eigenvalue weighted by molar-refractivity contribution is 5.81. The molecule has 0 unspecified atom stereocenters. The first-order valence-corrected chi connectivity index (χ1v) is 11.8. The summed E-state index contributed by atoms with van der Waals surface area (Å²) < 4.78 is 0. The minimum atomic E-state index is 0.000681. The van der Waals surface area contributed by atoms with Gasteiger partial charge in [0.25, 0.3) is 0 Å². The Hall–Kier alpha value is -2.94. The van der Waals surface area contributed by atoms with E-state index in [0.29, 0.717) is 18.4 Å². The SMILES string of the molecule is O=C1NCC[C@H]1Cc1cnc(Nc2ccc(N3CCNCC3)cn2)nc1NC1CCCC1. The standard InChI is InChI=1S/C23H32N8O/c32-22-16(7-8-25-22)13-17-14-27-23(30-21(17)28-18-3-1-2-4-18)29-20-6-5-19(15-26-20)31-11-9-24-10-12-31/h5-6,14-16,18,24H,1-4,7-13H2,(H,25,32)(H2,26,27,28,29,30)/t16-/m0/s1. The van der Waals surface area contributed by atoms with Crippen LogP contribution in [0.15, 0.2) is 24.5 Å². The van der Waals surface area contributed by atoms with Crippen molar-refractivity contribution < 1.29 is 4.79 Å². The summed E-state index contributed by atoms with van der Waals surface area (Å²) >= 11 is 0. The van der Waals surface area contributed by atoms with E-state index in [-0.39, 0.29) is 11.8 Å². The monoisotopic (exact) mass is 436 g/mol. The maximum atomic E-state index is 12.1. The van der Waals surface area contributed by atoms with Crippen molar-refractivity contribution >= 4 is 29.2 Å². The van der Waals surface area contributed by atoms with Crippen LogP contribution in [0.4, 0.5) is 23.3 Å². The molecule has 1 amide bonds. The molecule has 2 saturated heterocycles. The highest BCUT2D eigenvalue weighted by Gasteiger charge is 2.26. The first-order valence-electron chi connectivity index (χ1n) is 11.8. The fourth-order valence-electron chi connectivity index (χ4n) is 4.79. The molecule has 1 aliphatic carbocycles. The van der Waals surface area contributed by atoms with Gasteiger partial charge in [-0.3, -0.25) is 4.79 Å². The minimum Gasteiger partial charge on any atom is -0.368 e. The quantitative estimate of drug-likeness (QED) is 0.523.